The lowest BCUT2D eigenvalue weighted by Crippen LogP contribution is -2.46. The van der Waals surface area contributed by atoms with Crippen molar-refractivity contribution in [3.63, 3.8) is 0 Å². The van der Waals surface area contributed by atoms with Gasteiger partial charge in [0.2, 0.25) is 11.8 Å². The average molecular weight is 622 g/mol. The van der Waals surface area contributed by atoms with Crippen molar-refractivity contribution in [2.75, 3.05) is 5.32 Å². The van der Waals surface area contributed by atoms with Gasteiger partial charge in [-0.15, -0.1) is 0 Å². The third-order valence-corrected chi connectivity index (χ3v) is 8.69. The number of fused-ring (bicyclic) bond motifs is 2. The van der Waals surface area contributed by atoms with Gasteiger partial charge in [0.1, 0.15) is 29.9 Å². The summed E-state index contributed by atoms with van der Waals surface area (Å²) in [5.41, 5.74) is 0.894. The van der Waals surface area contributed by atoms with Crippen LogP contribution in [-0.2, 0) is 28.9 Å². The number of nitrogens with one attached hydrogen (secondary N) is 1. The number of hydrogen-bond acceptors (Lipinski definition) is 8. The Morgan fingerprint density at radius 2 is 1.82 bits per heavy atom. The number of aliphatic hydroxyl groups is 1. The summed E-state index contributed by atoms with van der Waals surface area (Å²) >= 11 is 0. The van der Waals surface area contributed by atoms with Gasteiger partial charge in [-0.25, -0.2) is 19.9 Å². The Morgan fingerprint density at radius 3 is 2.47 bits per heavy atom. The predicted molar refractivity (Wildman–Crippen MR) is 156 cm³/mol. The molecule has 0 radical (unpaired) electrons. The second-order valence-electron chi connectivity index (χ2n) is 12.0. The van der Waals surface area contributed by atoms with E-state index in [1.54, 1.807) is 30.0 Å². The van der Waals surface area contributed by atoms with E-state index in [1.165, 1.54) is 31.0 Å². The third kappa shape index (κ3) is 5.43. The van der Waals surface area contributed by atoms with Crippen molar-refractivity contribution in [2.24, 2.45) is 5.41 Å². The number of aliphatic hydroxyl groups excluding tert-OH is 1. The molecule has 11 nitrogen and oxygen atoms in total. The van der Waals surface area contributed by atoms with Crippen LogP contribution in [0.1, 0.15) is 59.8 Å². The molecule has 234 valence electrons. The molecular formula is C31H30F3N7O4. The van der Waals surface area contributed by atoms with E-state index >= 15 is 0 Å². The highest BCUT2D eigenvalue weighted by molar-refractivity contribution is 6.08. The Balaban J connectivity index is 1.32. The fraction of sp³-hybridized carbons (Fsp3) is 0.387. The van der Waals surface area contributed by atoms with Crippen molar-refractivity contribution in [2.45, 2.75) is 71.9 Å². The van der Waals surface area contributed by atoms with Gasteiger partial charge in [-0.2, -0.15) is 13.2 Å². The van der Waals surface area contributed by atoms with Crippen LogP contribution in [0.5, 0.6) is 0 Å². The summed E-state index contributed by atoms with van der Waals surface area (Å²) in [6.45, 7) is 5.89. The first kappa shape index (κ1) is 30.3. The Hall–Kier alpha value is -4.72. The van der Waals surface area contributed by atoms with Crippen LogP contribution in [0.25, 0.3) is 22.2 Å². The first-order valence-electron chi connectivity index (χ1n) is 14.3. The molecule has 1 saturated heterocycles. The maximum absolute atomic E-state index is 13.9. The van der Waals surface area contributed by atoms with Crippen molar-refractivity contribution >= 4 is 34.3 Å². The topological polar surface area (TPSA) is 143 Å². The smallest absolute Gasteiger partial charge is 0.390 e. The van der Waals surface area contributed by atoms with Crippen molar-refractivity contribution < 1.29 is 32.7 Å². The molecule has 2 amide bonds. The van der Waals surface area contributed by atoms with Gasteiger partial charge in [0, 0.05) is 41.1 Å². The lowest BCUT2D eigenvalue weighted by Gasteiger charge is -2.27. The molecule has 6 rings (SSSR count). The number of rotatable bonds is 7. The number of amides is 2. The van der Waals surface area contributed by atoms with Crippen LogP contribution in [0.4, 0.5) is 19.0 Å². The quantitative estimate of drug-likeness (QED) is 0.292. The first-order chi connectivity index (χ1) is 21.2. The molecule has 0 spiro atoms. The number of alkyl halides is 3. The highest BCUT2D eigenvalue weighted by atomic mass is 19.4. The van der Waals surface area contributed by atoms with E-state index in [0.29, 0.717) is 52.0 Å². The molecule has 5 heterocycles. The number of hydrogen-bond donors (Lipinski definition) is 2. The monoisotopic (exact) mass is 621 g/mol. The van der Waals surface area contributed by atoms with Crippen LogP contribution < -0.4 is 5.32 Å². The van der Waals surface area contributed by atoms with E-state index < -0.39 is 36.3 Å². The number of aryl methyl sites for hydroxylation is 2. The Bertz CT molecular complexity index is 1870. The highest BCUT2D eigenvalue weighted by Crippen LogP contribution is 2.59. The number of halogens is 3. The molecule has 2 aliphatic rings. The lowest BCUT2D eigenvalue weighted by atomic mass is 10.0. The summed E-state index contributed by atoms with van der Waals surface area (Å²) in [4.78, 5) is 58.2. The molecule has 14 heteroatoms. The number of Topliss-reactive ketones (excluding diaryl/α,β-unsaturated/α-hetero) is 1. The number of likely N-dealkylation sites (tertiary alicyclic amines) is 1. The molecule has 0 unspecified atom stereocenters. The SMILES string of the molecule is CC(=O)c1cn(CC(=O)N2[C@H](C(=O)Nc3nc(C(F)(F)F)ccc3C)C[C@@]3(C)C[C@@H]23)c2c(CO)nc(-c3cnc(C)nc3)cc12. The summed E-state index contributed by atoms with van der Waals surface area (Å²) in [5.74, 6) is -0.954. The van der Waals surface area contributed by atoms with E-state index in [0.717, 1.165) is 6.07 Å². The molecule has 1 aliphatic carbocycles. The van der Waals surface area contributed by atoms with E-state index in [9.17, 15) is 32.7 Å². The third-order valence-electron chi connectivity index (χ3n) is 8.69. The second-order valence-corrected chi connectivity index (χ2v) is 12.0. The van der Waals surface area contributed by atoms with Crippen LogP contribution in [0, 0.1) is 19.3 Å². The van der Waals surface area contributed by atoms with Gasteiger partial charge in [0.15, 0.2) is 5.78 Å². The zero-order valence-corrected chi connectivity index (χ0v) is 24.9. The molecule has 1 aliphatic heterocycles. The van der Waals surface area contributed by atoms with Gasteiger partial charge in [0.05, 0.1) is 23.5 Å². The molecule has 2 N–H and O–H groups in total. The highest BCUT2D eigenvalue weighted by Gasteiger charge is 2.64. The molecule has 0 bridgehead atoms. The average Bonchev–Trinajstić information content (AvgIpc) is 3.34. The van der Waals surface area contributed by atoms with Crippen LogP contribution in [-0.4, -0.2) is 64.2 Å². The number of nitrogens with zero attached hydrogens (tertiary/aromatic N) is 6. The van der Waals surface area contributed by atoms with Crippen LogP contribution in [0.15, 0.2) is 36.8 Å². The lowest BCUT2D eigenvalue weighted by molar-refractivity contribution is -0.141. The van der Waals surface area contributed by atoms with Crippen LogP contribution in [0.2, 0.25) is 0 Å². The van der Waals surface area contributed by atoms with Gasteiger partial charge < -0.3 is 19.9 Å². The molecular weight excluding hydrogens is 591 g/mol. The summed E-state index contributed by atoms with van der Waals surface area (Å²) < 4.78 is 41.4. The number of carbonyl (C=O) groups excluding carboxylic acids is 3. The molecule has 1 saturated carbocycles. The molecule has 4 aromatic rings. The zero-order chi connectivity index (χ0) is 32.4. The molecule has 4 aromatic heterocycles. The van der Waals surface area contributed by atoms with E-state index in [-0.39, 0.29) is 35.3 Å². The van der Waals surface area contributed by atoms with Crippen LogP contribution >= 0.6 is 0 Å². The Labute approximate surface area is 255 Å². The first-order valence-corrected chi connectivity index (χ1v) is 14.3. The fourth-order valence-electron chi connectivity index (χ4n) is 6.20. The van der Waals surface area contributed by atoms with Gasteiger partial charge in [0.25, 0.3) is 0 Å². The largest absolute Gasteiger partial charge is 0.433 e. The van der Waals surface area contributed by atoms with Gasteiger partial charge in [-0.1, -0.05) is 13.0 Å². The number of anilines is 1. The number of carbonyl (C=O) groups is 3. The van der Waals surface area contributed by atoms with E-state index in [1.807, 2.05) is 6.92 Å². The molecule has 2 fully saturated rings. The standard InChI is InChI=1S/C31H30F3N7O4/c1-15-5-6-24(31(32,33)34)38-28(15)39-29(45)23-8-30(4)9-25(30)41(23)26(44)13-40-12-20(16(2)43)19-7-21(37-22(14-42)27(19)40)18-10-35-17(3)36-11-18/h5-7,10-12,23,25,42H,8-9,13-14H2,1-4H3,(H,38,39,45)/t23-,25+,30-/m0/s1. The van der Waals surface area contributed by atoms with Crippen molar-refractivity contribution in [1.29, 1.82) is 0 Å². The summed E-state index contributed by atoms with van der Waals surface area (Å²) in [6, 6.07) is 2.60. The van der Waals surface area contributed by atoms with Crippen LogP contribution in [0.3, 0.4) is 0 Å². The number of ketones is 1. The van der Waals surface area contributed by atoms with E-state index in [2.05, 4.69) is 25.3 Å². The van der Waals surface area contributed by atoms with Crippen molar-refractivity contribution in [3.05, 3.63) is 65.1 Å². The number of aromatic nitrogens is 5. The Morgan fingerprint density at radius 1 is 1.11 bits per heavy atom. The number of piperidine rings is 1. The minimum Gasteiger partial charge on any atom is -0.390 e. The maximum Gasteiger partial charge on any atom is 0.433 e. The predicted octanol–water partition coefficient (Wildman–Crippen LogP) is 4.24. The zero-order valence-electron chi connectivity index (χ0n) is 24.9. The fourth-order valence-corrected chi connectivity index (χ4v) is 6.20. The minimum absolute atomic E-state index is 0.219. The summed E-state index contributed by atoms with van der Waals surface area (Å²) in [7, 11) is 0. The van der Waals surface area contributed by atoms with Gasteiger partial charge in [-0.3, -0.25) is 14.4 Å². The maximum atomic E-state index is 13.9. The molecule has 3 atom stereocenters. The van der Waals surface area contributed by atoms with Crippen molar-refractivity contribution in [1.82, 2.24) is 29.4 Å². The summed E-state index contributed by atoms with van der Waals surface area (Å²) in [5, 5.41) is 13.3. The molecule has 0 aromatic carbocycles. The summed E-state index contributed by atoms with van der Waals surface area (Å²) in [6.07, 6.45) is 1.05. The molecule has 45 heavy (non-hydrogen) atoms. The minimum atomic E-state index is -4.69. The second kappa shape index (κ2) is 10.7. The van der Waals surface area contributed by atoms with E-state index in [4.69, 9.17) is 0 Å². The van der Waals surface area contributed by atoms with Gasteiger partial charge in [-0.05, 0) is 56.7 Å². The normalized spacial score (nSPS) is 20.8. The van der Waals surface area contributed by atoms with Crippen molar-refractivity contribution in [3.8, 4) is 11.3 Å². The Kier molecular flexibility index (Phi) is 7.22. The number of pyridine rings is 2. The van der Waals surface area contributed by atoms with Gasteiger partial charge >= 0.3 is 6.18 Å².